The van der Waals surface area contributed by atoms with E-state index in [9.17, 15) is 4.79 Å². The van der Waals surface area contributed by atoms with Crippen LogP contribution in [-0.4, -0.2) is 21.5 Å². The molecule has 0 saturated carbocycles. The van der Waals surface area contributed by atoms with Gasteiger partial charge in [-0.3, -0.25) is 4.79 Å². The number of nitrogens with one attached hydrogen (secondary N) is 1. The van der Waals surface area contributed by atoms with Gasteiger partial charge in [0, 0.05) is 22.6 Å². The molecule has 0 aliphatic rings. The van der Waals surface area contributed by atoms with Crippen LogP contribution in [0.25, 0.3) is 11.0 Å². The van der Waals surface area contributed by atoms with Crippen LogP contribution in [0.15, 0.2) is 18.2 Å². The highest BCUT2D eigenvalue weighted by Gasteiger charge is 2.10. The summed E-state index contributed by atoms with van der Waals surface area (Å²) in [5.41, 5.74) is 7.75. The van der Waals surface area contributed by atoms with E-state index in [0.717, 1.165) is 14.6 Å². The number of aryl methyl sites for hydroxylation is 1. The van der Waals surface area contributed by atoms with Gasteiger partial charge in [-0.1, -0.05) is 0 Å². The molecule has 3 N–H and O–H groups in total. The Bertz CT molecular complexity index is 606. The molecule has 5 nitrogen and oxygen atoms in total. The maximum absolute atomic E-state index is 11.7. The van der Waals surface area contributed by atoms with Crippen LogP contribution in [0.2, 0.25) is 0 Å². The molecule has 1 aromatic heterocycles. The Kier molecular flexibility index (Phi) is 4.28. The maximum Gasteiger partial charge on any atom is 0.221 e. The number of imidazole rings is 1. The summed E-state index contributed by atoms with van der Waals surface area (Å²) >= 11 is 2.24. The maximum atomic E-state index is 11.7. The van der Waals surface area contributed by atoms with E-state index in [4.69, 9.17) is 5.73 Å². The number of amides is 1. The second-order valence-electron chi connectivity index (χ2n) is 4.73. The van der Waals surface area contributed by atoms with Crippen LogP contribution < -0.4 is 11.1 Å². The van der Waals surface area contributed by atoms with E-state index in [1.54, 1.807) is 0 Å². The average molecular weight is 372 g/mol. The van der Waals surface area contributed by atoms with E-state index in [-0.39, 0.29) is 11.9 Å². The Morgan fingerprint density at radius 1 is 1.53 bits per heavy atom. The summed E-state index contributed by atoms with van der Waals surface area (Å²) in [6.45, 7) is 4.43. The van der Waals surface area contributed by atoms with Crippen molar-refractivity contribution >= 4 is 45.5 Å². The third-order valence-corrected chi connectivity index (χ3v) is 3.42. The highest BCUT2D eigenvalue weighted by molar-refractivity contribution is 14.1. The minimum absolute atomic E-state index is 0.0294. The zero-order valence-corrected chi connectivity index (χ0v) is 13.1. The van der Waals surface area contributed by atoms with Gasteiger partial charge >= 0.3 is 0 Å². The number of halogens is 1. The van der Waals surface area contributed by atoms with Crippen molar-refractivity contribution in [2.75, 3.05) is 5.73 Å². The molecule has 19 heavy (non-hydrogen) atoms. The Balaban J connectivity index is 2.16. The number of anilines is 1. The average Bonchev–Trinajstić information content (AvgIpc) is 2.60. The van der Waals surface area contributed by atoms with Gasteiger partial charge in [-0.2, -0.15) is 0 Å². The van der Waals surface area contributed by atoms with Gasteiger partial charge in [-0.15, -0.1) is 0 Å². The lowest BCUT2D eigenvalue weighted by Crippen LogP contribution is -2.30. The largest absolute Gasteiger partial charge is 0.369 e. The molecule has 0 aliphatic heterocycles. The molecule has 1 heterocycles. The number of carbonyl (C=O) groups excluding carboxylic acids is 1. The lowest BCUT2D eigenvalue weighted by atomic mass is 10.3. The second-order valence-corrected chi connectivity index (χ2v) is 5.97. The quantitative estimate of drug-likeness (QED) is 0.808. The van der Waals surface area contributed by atoms with E-state index < -0.39 is 0 Å². The van der Waals surface area contributed by atoms with Gasteiger partial charge in [0.25, 0.3) is 0 Å². The fraction of sp³-hybridized carbons (Fsp3) is 0.385. The molecule has 1 aromatic carbocycles. The van der Waals surface area contributed by atoms with E-state index in [0.29, 0.717) is 18.9 Å². The van der Waals surface area contributed by atoms with Gasteiger partial charge < -0.3 is 15.6 Å². The minimum atomic E-state index is 0.0294. The number of hydrogen-bond acceptors (Lipinski definition) is 3. The van der Waals surface area contributed by atoms with E-state index in [1.165, 1.54) is 0 Å². The van der Waals surface area contributed by atoms with Crippen LogP contribution in [-0.2, 0) is 11.3 Å². The third-order valence-electron chi connectivity index (χ3n) is 2.75. The Labute approximate surface area is 125 Å². The van der Waals surface area contributed by atoms with Crippen molar-refractivity contribution in [3.8, 4) is 0 Å². The Hall–Kier alpha value is -1.31. The summed E-state index contributed by atoms with van der Waals surface area (Å²) in [5, 5.41) is 2.87. The number of benzene rings is 1. The van der Waals surface area contributed by atoms with Crippen molar-refractivity contribution in [3.05, 3.63) is 21.8 Å². The summed E-state index contributed by atoms with van der Waals surface area (Å²) in [6.07, 6.45) is 0.403. The molecule has 0 unspecified atom stereocenters. The summed E-state index contributed by atoms with van der Waals surface area (Å²) in [6, 6.07) is 6.14. The topological polar surface area (TPSA) is 72.9 Å². The lowest BCUT2D eigenvalue weighted by molar-refractivity contribution is -0.121. The molecular weight excluding hydrogens is 355 g/mol. The molecule has 0 bridgehead atoms. The van der Waals surface area contributed by atoms with Gasteiger partial charge in [-0.05, 0) is 54.6 Å². The standard InChI is InChI=1S/C13H17IN4O/c1-8(2)16-12(19)5-6-18-11-4-3-9(14)7-10(11)17-13(18)15/h3-4,7-8H,5-6H2,1-2H3,(H2,15,17)(H,16,19). The number of fused-ring (bicyclic) bond motifs is 1. The molecule has 102 valence electrons. The predicted molar refractivity (Wildman–Crippen MR) is 84.8 cm³/mol. The molecule has 0 fully saturated rings. The number of carbonyl (C=O) groups is 1. The first-order chi connectivity index (χ1) is 8.97. The summed E-state index contributed by atoms with van der Waals surface area (Å²) in [7, 11) is 0. The second kappa shape index (κ2) is 5.77. The van der Waals surface area contributed by atoms with Crippen LogP contribution in [0.5, 0.6) is 0 Å². The number of nitrogens with zero attached hydrogens (tertiary/aromatic N) is 2. The van der Waals surface area contributed by atoms with E-state index >= 15 is 0 Å². The van der Waals surface area contributed by atoms with Gasteiger partial charge in [0.15, 0.2) is 0 Å². The molecule has 0 aliphatic carbocycles. The first-order valence-electron chi connectivity index (χ1n) is 6.18. The van der Waals surface area contributed by atoms with Crippen LogP contribution >= 0.6 is 22.6 Å². The Morgan fingerprint density at radius 3 is 2.95 bits per heavy atom. The number of aromatic nitrogens is 2. The van der Waals surface area contributed by atoms with E-state index in [2.05, 4.69) is 32.9 Å². The van der Waals surface area contributed by atoms with Crippen molar-refractivity contribution in [1.82, 2.24) is 14.9 Å². The number of rotatable bonds is 4. The van der Waals surface area contributed by atoms with Crippen LogP contribution in [0.3, 0.4) is 0 Å². The molecule has 2 rings (SSSR count). The third kappa shape index (κ3) is 3.37. The predicted octanol–water partition coefficient (Wildman–Crippen LogP) is 2.14. The fourth-order valence-corrected chi connectivity index (χ4v) is 2.44. The normalized spacial score (nSPS) is 11.2. The SMILES string of the molecule is CC(C)NC(=O)CCn1c(N)nc2cc(I)ccc21. The zero-order chi connectivity index (χ0) is 14.0. The van der Waals surface area contributed by atoms with Gasteiger partial charge in [0.2, 0.25) is 11.9 Å². The van der Waals surface area contributed by atoms with Crippen molar-refractivity contribution < 1.29 is 4.79 Å². The smallest absolute Gasteiger partial charge is 0.221 e. The van der Waals surface area contributed by atoms with Gasteiger partial charge in [-0.25, -0.2) is 4.98 Å². The summed E-state index contributed by atoms with van der Waals surface area (Å²) in [4.78, 5) is 16.0. The minimum Gasteiger partial charge on any atom is -0.369 e. The highest BCUT2D eigenvalue weighted by atomic mass is 127. The van der Waals surface area contributed by atoms with Crippen LogP contribution in [0.4, 0.5) is 5.95 Å². The van der Waals surface area contributed by atoms with Crippen molar-refractivity contribution in [2.45, 2.75) is 32.9 Å². The van der Waals surface area contributed by atoms with Crippen molar-refractivity contribution in [1.29, 1.82) is 0 Å². The van der Waals surface area contributed by atoms with Crippen LogP contribution in [0, 0.1) is 3.57 Å². The molecule has 0 spiro atoms. The highest BCUT2D eigenvalue weighted by Crippen LogP contribution is 2.20. The molecule has 1 amide bonds. The molecule has 0 saturated heterocycles. The molecule has 0 atom stereocenters. The number of nitrogen functional groups attached to an aromatic ring is 1. The molecule has 6 heteroatoms. The van der Waals surface area contributed by atoms with Gasteiger partial charge in [0.1, 0.15) is 0 Å². The fourth-order valence-electron chi connectivity index (χ4n) is 1.96. The summed E-state index contributed by atoms with van der Waals surface area (Å²) in [5.74, 6) is 0.483. The van der Waals surface area contributed by atoms with Gasteiger partial charge in [0.05, 0.1) is 11.0 Å². The number of hydrogen-bond donors (Lipinski definition) is 2. The summed E-state index contributed by atoms with van der Waals surface area (Å²) < 4.78 is 3.00. The number of nitrogens with two attached hydrogens (primary N) is 1. The van der Waals surface area contributed by atoms with E-state index in [1.807, 2.05) is 36.6 Å². The first kappa shape index (κ1) is 14.1. The first-order valence-corrected chi connectivity index (χ1v) is 7.26. The Morgan fingerprint density at radius 2 is 2.26 bits per heavy atom. The monoisotopic (exact) mass is 372 g/mol. The molecular formula is C13H17IN4O. The van der Waals surface area contributed by atoms with Crippen molar-refractivity contribution in [2.24, 2.45) is 0 Å². The molecule has 0 radical (unpaired) electrons. The van der Waals surface area contributed by atoms with Crippen molar-refractivity contribution in [3.63, 3.8) is 0 Å². The zero-order valence-electron chi connectivity index (χ0n) is 11.0. The molecule has 2 aromatic rings. The lowest BCUT2D eigenvalue weighted by Gasteiger charge is -2.09. The van der Waals surface area contributed by atoms with Crippen LogP contribution in [0.1, 0.15) is 20.3 Å².